The van der Waals surface area contributed by atoms with Gasteiger partial charge in [-0.3, -0.25) is 14.9 Å². The summed E-state index contributed by atoms with van der Waals surface area (Å²) >= 11 is 0. The number of nitrogens with one attached hydrogen (secondary N) is 2. The molecular formula is C23H25N3O4. The van der Waals surface area contributed by atoms with Crippen molar-refractivity contribution in [3.8, 4) is 0 Å². The molecule has 0 aliphatic carbocycles. The highest BCUT2D eigenvalue weighted by molar-refractivity contribution is 5.94. The van der Waals surface area contributed by atoms with Crippen LogP contribution >= 0.6 is 0 Å². The Morgan fingerprint density at radius 3 is 2.13 bits per heavy atom. The molecule has 0 aromatic heterocycles. The van der Waals surface area contributed by atoms with E-state index in [0.29, 0.717) is 37.3 Å². The molecule has 3 amide bonds. The van der Waals surface area contributed by atoms with E-state index in [1.54, 1.807) is 41.3 Å². The molecule has 7 nitrogen and oxygen atoms in total. The predicted molar refractivity (Wildman–Crippen MR) is 116 cm³/mol. The molecule has 7 heteroatoms. The third-order valence-electron chi connectivity index (χ3n) is 4.98. The summed E-state index contributed by atoms with van der Waals surface area (Å²) in [7, 11) is 1.29. The number of piperidine rings is 1. The van der Waals surface area contributed by atoms with Gasteiger partial charge in [-0.05, 0) is 48.7 Å². The van der Waals surface area contributed by atoms with Gasteiger partial charge in [0.25, 0.3) is 0 Å². The second kappa shape index (κ2) is 10.2. The monoisotopic (exact) mass is 407 g/mol. The minimum absolute atomic E-state index is 0.0357. The predicted octanol–water partition coefficient (Wildman–Crippen LogP) is 3.76. The fraction of sp³-hybridized carbons (Fsp3) is 0.261. The van der Waals surface area contributed by atoms with Crippen molar-refractivity contribution in [3.63, 3.8) is 0 Å². The van der Waals surface area contributed by atoms with Crippen molar-refractivity contribution in [3.05, 3.63) is 66.2 Å². The molecule has 2 N–H and O–H groups in total. The van der Waals surface area contributed by atoms with E-state index in [9.17, 15) is 14.4 Å². The van der Waals surface area contributed by atoms with Gasteiger partial charge in [0.1, 0.15) is 0 Å². The average molecular weight is 407 g/mol. The largest absolute Gasteiger partial charge is 0.453 e. The second-order valence-corrected chi connectivity index (χ2v) is 7.03. The van der Waals surface area contributed by atoms with Crippen molar-refractivity contribution in [2.24, 2.45) is 5.92 Å². The Hall–Kier alpha value is -3.61. The zero-order valence-electron chi connectivity index (χ0n) is 16.8. The van der Waals surface area contributed by atoms with Crippen molar-refractivity contribution >= 4 is 35.4 Å². The third kappa shape index (κ3) is 5.94. The zero-order chi connectivity index (χ0) is 21.3. The van der Waals surface area contributed by atoms with Crippen LogP contribution in [0.2, 0.25) is 0 Å². The number of ether oxygens (including phenoxy) is 1. The first-order valence-corrected chi connectivity index (χ1v) is 9.83. The van der Waals surface area contributed by atoms with E-state index in [4.69, 9.17) is 0 Å². The Labute approximate surface area is 175 Å². The van der Waals surface area contributed by atoms with Gasteiger partial charge < -0.3 is 15.0 Å². The van der Waals surface area contributed by atoms with Gasteiger partial charge in [0.2, 0.25) is 11.8 Å². The molecule has 0 saturated carbocycles. The molecule has 30 heavy (non-hydrogen) atoms. The average Bonchev–Trinajstić information content (AvgIpc) is 2.79. The molecule has 0 unspecified atom stereocenters. The molecular weight excluding hydrogens is 382 g/mol. The van der Waals surface area contributed by atoms with Crippen LogP contribution in [0.3, 0.4) is 0 Å². The fourth-order valence-electron chi connectivity index (χ4n) is 3.25. The van der Waals surface area contributed by atoms with Crippen LogP contribution in [0.25, 0.3) is 6.08 Å². The Balaban J connectivity index is 1.46. The van der Waals surface area contributed by atoms with Gasteiger partial charge in [0, 0.05) is 36.5 Å². The van der Waals surface area contributed by atoms with Crippen LogP contribution in [0.5, 0.6) is 0 Å². The van der Waals surface area contributed by atoms with Gasteiger partial charge >= 0.3 is 6.09 Å². The maximum Gasteiger partial charge on any atom is 0.411 e. The van der Waals surface area contributed by atoms with Gasteiger partial charge in [-0.2, -0.15) is 0 Å². The number of anilines is 2. The molecule has 3 rings (SSSR count). The van der Waals surface area contributed by atoms with Crippen molar-refractivity contribution in [1.29, 1.82) is 0 Å². The molecule has 1 saturated heterocycles. The number of nitrogens with zero attached hydrogens (tertiary/aromatic N) is 1. The summed E-state index contributed by atoms with van der Waals surface area (Å²) in [6.45, 7) is 1.11. The normalized spacial score (nSPS) is 14.4. The van der Waals surface area contributed by atoms with E-state index in [2.05, 4.69) is 15.4 Å². The van der Waals surface area contributed by atoms with E-state index in [1.807, 2.05) is 30.3 Å². The van der Waals surface area contributed by atoms with E-state index in [-0.39, 0.29) is 17.7 Å². The van der Waals surface area contributed by atoms with Gasteiger partial charge in [-0.15, -0.1) is 0 Å². The fourth-order valence-corrected chi connectivity index (χ4v) is 3.25. The smallest absolute Gasteiger partial charge is 0.411 e. The lowest BCUT2D eigenvalue weighted by Crippen LogP contribution is -2.40. The maximum atomic E-state index is 12.5. The highest BCUT2D eigenvalue weighted by Gasteiger charge is 2.26. The van der Waals surface area contributed by atoms with Gasteiger partial charge in [0.15, 0.2) is 0 Å². The molecule has 1 fully saturated rings. The summed E-state index contributed by atoms with van der Waals surface area (Å²) in [5.74, 6) is -0.234. The SMILES string of the molecule is COC(=O)Nc1ccc(NC(=O)C2CCN(C(=O)/C=C/c3ccccc3)CC2)cc1. The van der Waals surface area contributed by atoms with E-state index >= 15 is 0 Å². The summed E-state index contributed by atoms with van der Waals surface area (Å²) in [4.78, 5) is 37.9. The molecule has 1 heterocycles. The molecule has 0 radical (unpaired) electrons. The number of carbonyl (C=O) groups excluding carboxylic acids is 3. The second-order valence-electron chi connectivity index (χ2n) is 7.03. The van der Waals surface area contributed by atoms with Crippen LogP contribution in [0.15, 0.2) is 60.7 Å². The van der Waals surface area contributed by atoms with Crippen LogP contribution in [0.1, 0.15) is 18.4 Å². The van der Waals surface area contributed by atoms with Crippen molar-refractivity contribution < 1.29 is 19.1 Å². The number of likely N-dealkylation sites (tertiary alicyclic amines) is 1. The topological polar surface area (TPSA) is 87.7 Å². The summed E-state index contributed by atoms with van der Waals surface area (Å²) in [5, 5.41) is 5.45. The summed E-state index contributed by atoms with van der Waals surface area (Å²) in [6.07, 6.45) is 4.09. The molecule has 2 aromatic rings. The van der Waals surface area contributed by atoms with Gasteiger partial charge in [-0.1, -0.05) is 30.3 Å². The minimum atomic E-state index is -0.549. The third-order valence-corrected chi connectivity index (χ3v) is 4.98. The number of hydrogen-bond acceptors (Lipinski definition) is 4. The number of amides is 3. The quantitative estimate of drug-likeness (QED) is 0.739. The summed E-state index contributed by atoms with van der Waals surface area (Å²) in [5.41, 5.74) is 2.21. The molecule has 0 atom stereocenters. The van der Waals surface area contributed by atoms with Crippen molar-refractivity contribution in [2.45, 2.75) is 12.8 Å². The van der Waals surface area contributed by atoms with E-state index < -0.39 is 6.09 Å². The minimum Gasteiger partial charge on any atom is -0.453 e. The van der Waals surface area contributed by atoms with Crippen molar-refractivity contribution in [2.75, 3.05) is 30.8 Å². The summed E-state index contributed by atoms with van der Waals surface area (Å²) in [6, 6.07) is 16.5. The van der Waals surface area contributed by atoms with Crippen LogP contribution in [0, 0.1) is 5.92 Å². The van der Waals surface area contributed by atoms with E-state index in [1.165, 1.54) is 7.11 Å². The summed E-state index contributed by atoms with van der Waals surface area (Å²) < 4.78 is 4.54. The Morgan fingerprint density at radius 2 is 1.53 bits per heavy atom. The Bertz CT molecular complexity index is 902. The zero-order valence-corrected chi connectivity index (χ0v) is 16.8. The molecule has 1 aliphatic heterocycles. The molecule has 0 bridgehead atoms. The molecule has 1 aliphatic rings. The Morgan fingerprint density at radius 1 is 0.933 bits per heavy atom. The number of rotatable bonds is 5. The molecule has 156 valence electrons. The van der Waals surface area contributed by atoms with Crippen LogP contribution in [-0.4, -0.2) is 43.0 Å². The van der Waals surface area contributed by atoms with Crippen LogP contribution in [0.4, 0.5) is 16.2 Å². The first-order valence-electron chi connectivity index (χ1n) is 9.83. The van der Waals surface area contributed by atoms with Gasteiger partial charge in [0.05, 0.1) is 7.11 Å². The standard InChI is InChI=1S/C23H25N3O4/c1-30-23(29)25-20-10-8-19(9-11-20)24-22(28)18-13-15-26(16-14-18)21(27)12-7-17-5-3-2-4-6-17/h2-12,18H,13-16H2,1H3,(H,24,28)(H,25,29)/b12-7+. The lowest BCUT2D eigenvalue weighted by atomic mass is 9.95. The molecule has 2 aromatic carbocycles. The lowest BCUT2D eigenvalue weighted by molar-refractivity contribution is -0.130. The highest BCUT2D eigenvalue weighted by Crippen LogP contribution is 2.21. The van der Waals surface area contributed by atoms with Crippen LogP contribution < -0.4 is 10.6 Å². The van der Waals surface area contributed by atoms with E-state index in [0.717, 1.165) is 5.56 Å². The van der Waals surface area contributed by atoms with Crippen molar-refractivity contribution in [1.82, 2.24) is 4.90 Å². The number of methoxy groups -OCH3 is 1. The Kier molecular flexibility index (Phi) is 7.21. The number of hydrogen-bond donors (Lipinski definition) is 2. The molecule has 0 spiro atoms. The number of benzene rings is 2. The maximum absolute atomic E-state index is 12.5. The first kappa shape index (κ1) is 21.1. The lowest BCUT2D eigenvalue weighted by Gasteiger charge is -2.30. The first-order chi connectivity index (χ1) is 14.5. The van der Waals surface area contributed by atoms with Gasteiger partial charge in [-0.25, -0.2) is 4.79 Å². The van der Waals surface area contributed by atoms with Crippen LogP contribution in [-0.2, 0) is 14.3 Å². The highest BCUT2D eigenvalue weighted by atomic mass is 16.5. The number of carbonyl (C=O) groups is 3.